The zero-order valence-corrected chi connectivity index (χ0v) is 15.5. The van der Waals surface area contributed by atoms with Crippen LogP contribution in [-0.2, 0) is 19.1 Å². The van der Waals surface area contributed by atoms with Crippen LogP contribution in [0.15, 0.2) is 47.5 Å². The normalized spacial score (nSPS) is 19.7. The Hall–Kier alpha value is -2.30. The van der Waals surface area contributed by atoms with Crippen molar-refractivity contribution in [1.82, 2.24) is 0 Å². The Bertz CT molecular complexity index is 914. The molecule has 0 heterocycles. The van der Waals surface area contributed by atoms with Crippen LogP contribution in [0.1, 0.15) is 34.1 Å². The molecule has 132 valence electrons. The van der Waals surface area contributed by atoms with Gasteiger partial charge in [-0.3, -0.25) is 0 Å². The molecule has 2 atom stereocenters. The summed E-state index contributed by atoms with van der Waals surface area (Å²) >= 11 is 13.0. The monoisotopic (exact) mass is 388 g/mol. The molecule has 4 nitrogen and oxygen atoms in total. The third-order valence-electron chi connectivity index (χ3n) is 5.05. The van der Waals surface area contributed by atoms with Crippen molar-refractivity contribution in [3.63, 3.8) is 0 Å². The smallest absolute Gasteiger partial charge is 0.335 e. The van der Waals surface area contributed by atoms with Crippen molar-refractivity contribution >= 4 is 35.1 Å². The maximum Gasteiger partial charge on any atom is 0.335 e. The molecule has 0 saturated heterocycles. The topological polar surface area (TPSA) is 52.6 Å². The fourth-order valence-corrected chi connectivity index (χ4v) is 4.70. The lowest BCUT2D eigenvalue weighted by atomic mass is 9.61. The van der Waals surface area contributed by atoms with Gasteiger partial charge in [0.15, 0.2) is 0 Å². The first-order chi connectivity index (χ1) is 12.5. The van der Waals surface area contributed by atoms with Crippen LogP contribution in [0.4, 0.5) is 0 Å². The second-order valence-electron chi connectivity index (χ2n) is 6.16. The van der Waals surface area contributed by atoms with Crippen LogP contribution in [0, 0.1) is 0 Å². The van der Waals surface area contributed by atoms with E-state index in [0.717, 1.165) is 22.3 Å². The second kappa shape index (κ2) is 6.15. The molecule has 3 aliphatic carbocycles. The first kappa shape index (κ1) is 17.1. The first-order valence-electron chi connectivity index (χ1n) is 7.98. The number of esters is 2. The molecule has 2 aromatic rings. The summed E-state index contributed by atoms with van der Waals surface area (Å²) in [5.41, 5.74) is 3.86. The molecule has 0 saturated carbocycles. The van der Waals surface area contributed by atoms with E-state index in [9.17, 15) is 9.59 Å². The lowest BCUT2D eigenvalue weighted by Crippen LogP contribution is -2.35. The lowest BCUT2D eigenvalue weighted by Gasteiger charge is -2.42. The molecule has 0 aliphatic heterocycles. The predicted molar refractivity (Wildman–Crippen MR) is 97.6 cm³/mol. The molecule has 0 fully saturated rings. The molecule has 26 heavy (non-hydrogen) atoms. The molecule has 0 N–H and O–H groups in total. The molecule has 0 aromatic heterocycles. The van der Waals surface area contributed by atoms with E-state index < -0.39 is 23.8 Å². The van der Waals surface area contributed by atoms with E-state index in [1.165, 1.54) is 14.2 Å². The highest BCUT2D eigenvalue weighted by molar-refractivity contribution is 6.33. The predicted octanol–water partition coefficient (Wildman–Crippen LogP) is 4.23. The molecule has 0 radical (unpaired) electrons. The molecule has 6 heteroatoms. The van der Waals surface area contributed by atoms with Crippen molar-refractivity contribution in [1.29, 1.82) is 0 Å². The Labute approximate surface area is 160 Å². The van der Waals surface area contributed by atoms with E-state index in [1.807, 2.05) is 24.3 Å². The summed E-state index contributed by atoms with van der Waals surface area (Å²) in [4.78, 5) is 25.3. The first-order valence-corrected chi connectivity index (χ1v) is 8.74. The van der Waals surface area contributed by atoms with Crippen LogP contribution < -0.4 is 0 Å². The largest absolute Gasteiger partial charge is 0.466 e. The van der Waals surface area contributed by atoms with Crippen LogP contribution >= 0.6 is 23.2 Å². The molecule has 0 amide bonds. The van der Waals surface area contributed by atoms with Gasteiger partial charge in [-0.25, -0.2) is 9.59 Å². The van der Waals surface area contributed by atoms with Crippen LogP contribution in [0.3, 0.4) is 0 Å². The van der Waals surface area contributed by atoms with Crippen LogP contribution in [0.25, 0.3) is 0 Å². The summed E-state index contributed by atoms with van der Waals surface area (Å²) in [6.07, 6.45) is 0. The highest BCUT2D eigenvalue weighted by Crippen LogP contribution is 2.58. The Kier molecular flexibility index (Phi) is 4.05. The van der Waals surface area contributed by atoms with Gasteiger partial charge in [0.2, 0.25) is 0 Å². The van der Waals surface area contributed by atoms with Crippen molar-refractivity contribution in [3.8, 4) is 0 Å². The zero-order chi connectivity index (χ0) is 18.6. The van der Waals surface area contributed by atoms with Crippen molar-refractivity contribution < 1.29 is 19.1 Å². The third-order valence-corrected chi connectivity index (χ3v) is 5.71. The minimum Gasteiger partial charge on any atom is -0.466 e. The van der Waals surface area contributed by atoms with Crippen molar-refractivity contribution in [2.45, 2.75) is 11.8 Å². The third kappa shape index (κ3) is 2.15. The summed E-state index contributed by atoms with van der Waals surface area (Å²) in [6.45, 7) is 0. The molecule has 0 unspecified atom stereocenters. The van der Waals surface area contributed by atoms with E-state index in [0.29, 0.717) is 10.0 Å². The quantitative estimate of drug-likeness (QED) is 0.722. The van der Waals surface area contributed by atoms with E-state index in [4.69, 9.17) is 32.7 Å². The number of methoxy groups -OCH3 is 2. The summed E-state index contributed by atoms with van der Waals surface area (Å²) < 4.78 is 9.97. The van der Waals surface area contributed by atoms with Gasteiger partial charge < -0.3 is 9.47 Å². The fourth-order valence-electron chi connectivity index (χ4n) is 4.12. The minimum atomic E-state index is -0.573. The van der Waals surface area contributed by atoms with E-state index in [-0.39, 0.29) is 11.1 Å². The molecular weight excluding hydrogens is 375 g/mol. The van der Waals surface area contributed by atoms with Gasteiger partial charge in [0.25, 0.3) is 0 Å². The van der Waals surface area contributed by atoms with E-state index >= 15 is 0 Å². The van der Waals surface area contributed by atoms with Gasteiger partial charge >= 0.3 is 11.9 Å². The second-order valence-corrected chi connectivity index (χ2v) is 6.98. The average Bonchev–Trinajstić information content (AvgIpc) is 2.66. The number of hydrogen-bond acceptors (Lipinski definition) is 4. The Morgan fingerprint density at radius 1 is 0.769 bits per heavy atom. The number of benzene rings is 2. The van der Waals surface area contributed by atoms with Gasteiger partial charge in [0, 0.05) is 21.9 Å². The summed E-state index contributed by atoms with van der Waals surface area (Å²) in [6, 6.07) is 11.0. The summed E-state index contributed by atoms with van der Waals surface area (Å²) in [5.74, 6) is -2.20. The summed E-state index contributed by atoms with van der Waals surface area (Å²) in [7, 11) is 2.58. The standard InChI is InChI=1S/C20H14Cl2O4/c1-25-19(23)17-15-9-5-3-8-12(22)14(9)16(18(17)20(24)26-2)10-6-4-7-11(21)13(10)15/h3-8,15-16H,1-2H3/t15-,16-/m1/s1. The number of halogens is 2. The SMILES string of the molecule is COC(=O)C1=C(C(=O)OC)[C@@H]2c3cccc(Cl)c3[C@H]1c1cccc(Cl)c12. The minimum absolute atomic E-state index is 0.264. The maximum atomic E-state index is 12.6. The summed E-state index contributed by atoms with van der Waals surface area (Å²) in [5, 5.41) is 1.07. The number of hydrogen-bond donors (Lipinski definition) is 0. The number of ether oxygens (including phenoxy) is 2. The average molecular weight is 389 g/mol. The molecule has 0 spiro atoms. The van der Waals surface area contributed by atoms with Crippen LogP contribution in [0.2, 0.25) is 10.0 Å². The van der Waals surface area contributed by atoms with Crippen molar-refractivity contribution in [2.75, 3.05) is 14.2 Å². The fraction of sp³-hybridized carbons (Fsp3) is 0.200. The van der Waals surface area contributed by atoms with Crippen molar-refractivity contribution in [3.05, 3.63) is 79.8 Å². The number of carbonyl (C=O) groups is 2. The molecule has 2 aromatic carbocycles. The number of carbonyl (C=O) groups excluding carboxylic acids is 2. The zero-order valence-electron chi connectivity index (χ0n) is 14.0. The lowest BCUT2D eigenvalue weighted by molar-refractivity contribution is -0.140. The van der Waals surface area contributed by atoms with Crippen LogP contribution in [-0.4, -0.2) is 26.2 Å². The Morgan fingerprint density at radius 3 is 1.50 bits per heavy atom. The van der Waals surface area contributed by atoms with Crippen molar-refractivity contribution in [2.24, 2.45) is 0 Å². The Morgan fingerprint density at radius 2 is 1.15 bits per heavy atom. The van der Waals surface area contributed by atoms with E-state index in [2.05, 4.69) is 0 Å². The van der Waals surface area contributed by atoms with Gasteiger partial charge in [-0.2, -0.15) is 0 Å². The molecular formula is C20H14Cl2O4. The molecule has 5 rings (SSSR count). The van der Waals surface area contributed by atoms with Gasteiger partial charge in [-0.1, -0.05) is 47.5 Å². The van der Waals surface area contributed by atoms with Crippen LogP contribution in [0.5, 0.6) is 0 Å². The molecule has 3 aliphatic rings. The number of rotatable bonds is 2. The van der Waals surface area contributed by atoms with Gasteiger partial charge in [0.05, 0.1) is 25.4 Å². The molecule has 2 bridgehead atoms. The highest BCUT2D eigenvalue weighted by atomic mass is 35.5. The maximum absolute atomic E-state index is 12.6. The Balaban J connectivity index is 2.14. The van der Waals surface area contributed by atoms with Gasteiger partial charge in [-0.15, -0.1) is 0 Å². The highest BCUT2D eigenvalue weighted by Gasteiger charge is 2.49. The van der Waals surface area contributed by atoms with E-state index in [1.54, 1.807) is 12.1 Å². The van der Waals surface area contributed by atoms with Gasteiger partial charge in [0.1, 0.15) is 0 Å². The van der Waals surface area contributed by atoms with Gasteiger partial charge in [-0.05, 0) is 34.4 Å².